The summed E-state index contributed by atoms with van der Waals surface area (Å²) in [5.41, 5.74) is 0. The van der Waals surface area contributed by atoms with Crippen LogP contribution in [-0.4, -0.2) is 37.1 Å². The Kier molecular flexibility index (Phi) is 5.11. The Bertz CT molecular complexity index is 181. The monoisotopic (exact) mass is 224 g/mol. The maximum absolute atomic E-state index is 3.69. The lowest BCUT2D eigenvalue weighted by molar-refractivity contribution is 0.243. The van der Waals surface area contributed by atoms with Crippen LogP contribution in [-0.2, 0) is 0 Å². The van der Waals surface area contributed by atoms with Crippen molar-refractivity contribution in [3.05, 3.63) is 0 Å². The number of hydrogen-bond donors (Lipinski definition) is 1. The Hall–Kier alpha value is -0.0800. The zero-order valence-electron chi connectivity index (χ0n) is 10.9. The smallest absolute Gasteiger partial charge is 0.0107 e. The summed E-state index contributed by atoms with van der Waals surface area (Å²) in [6, 6.07) is 0.759. The lowest BCUT2D eigenvalue weighted by Gasteiger charge is -2.25. The zero-order chi connectivity index (χ0) is 11.2. The molecule has 1 aliphatic heterocycles. The Morgan fingerprint density at radius 3 is 2.31 bits per heavy atom. The first-order chi connectivity index (χ1) is 7.86. The fourth-order valence-electron chi connectivity index (χ4n) is 2.75. The second-order valence-corrected chi connectivity index (χ2v) is 5.69. The van der Waals surface area contributed by atoms with Gasteiger partial charge in [0.2, 0.25) is 0 Å². The SMILES string of the molecule is CC(NCCN1CCCCCCC1)C1CC1. The summed E-state index contributed by atoms with van der Waals surface area (Å²) in [6.45, 7) is 7.47. The lowest BCUT2D eigenvalue weighted by Crippen LogP contribution is -2.38. The van der Waals surface area contributed by atoms with Gasteiger partial charge in [0.05, 0.1) is 0 Å². The first-order valence-corrected chi connectivity index (χ1v) is 7.32. The van der Waals surface area contributed by atoms with Crippen LogP contribution in [0.5, 0.6) is 0 Å². The summed E-state index contributed by atoms with van der Waals surface area (Å²) >= 11 is 0. The van der Waals surface area contributed by atoms with Gasteiger partial charge in [0.25, 0.3) is 0 Å². The van der Waals surface area contributed by atoms with E-state index in [4.69, 9.17) is 0 Å². The lowest BCUT2D eigenvalue weighted by atomic mass is 10.1. The summed E-state index contributed by atoms with van der Waals surface area (Å²) < 4.78 is 0. The summed E-state index contributed by atoms with van der Waals surface area (Å²) in [6.07, 6.45) is 10.1. The van der Waals surface area contributed by atoms with E-state index in [2.05, 4.69) is 17.1 Å². The first-order valence-electron chi connectivity index (χ1n) is 7.32. The van der Waals surface area contributed by atoms with Crippen LogP contribution in [0, 0.1) is 5.92 Å². The van der Waals surface area contributed by atoms with Gasteiger partial charge < -0.3 is 10.2 Å². The Morgan fingerprint density at radius 2 is 1.69 bits per heavy atom. The summed E-state index contributed by atoms with van der Waals surface area (Å²) in [4.78, 5) is 2.66. The summed E-state index contributed by atoms with van der Waals surface area (Å²) in [5, 5.41) is 3.69. The predicted octanol–water partition coefficient (Wildman–Crippen LogP) is 2.64. The topological polar surface area (TPSA) is 15.3 Å². The average Bonchev–Trinajstić information content (AvgIpc) is 3.04. The third-order valence-corrected chi connectivity index (χ3v) is 4.17. The predicted molar refractivity (Wildman–Crippen MR) is 69.7 cm³/mol. The van der Waals surface area contributed by atoms with Crippen molar-refractivity contribution < 1.29 is 0 Å². The van der Waals surface area contributed by atoms with Crippen molar-refractivity contribution in [3.8, 4) is 0 Å². The second kappa shape index (κ2) is 6.61. The molecule has 0 aromatic carbocycles. The number of nitrogens with one attached hydrogen (secondary N) is 1. The Labute approximate surface area is 101 Å². The number of hydrogen-bond acceptors (Lipinski definition) is 2. The largest absolute Gasteiger partial charge is 0.313 e. The molecule has 94 valence electrons. The van der Waals surface area contributed by atoms with E-state index in [0.717, 1.165) is 12.0 Å². The number of likely N-dealkylation sites (tertiary alicyclic amines) is 1. The molecule has 2 nitrogen and oxygen atoms in total. The highest BCUT2D eigenvalue weighted by Gasteiger charge is 2.27. The van der Waals surface area contributed by atoms with Crippen molar-refractivity contribution >= 4 is 0 Å². The van der Waals surface area contributed by atoms with E-state index < -0.39 is 0 Å². The number of rotatable bonds is 5. The van der Waals surface area contributed by atoms with Crippen LogP contribution >= 0.6 is 0 Å². The molecule has 0 aromatic rings. The van der Waals surface area contributed by atoms with Gasteiger partial charge in [-0.05, 0) is 51.6 Å². The van der Waals surface area contributed by atoms with Gasteiger partial charge in [-0.15, -0.1) is 0 Å². The molecule has 0 spiro atoms. The quantitative estimate of drug-likeness (QED) is 0.772. The van der Waals surface area contributed by atoms with E-state index in [1.54, 1.807) is 0 Å². The van der Waals surface area contributed by atoms with E-state index in [0.29, 0.717) is 0 Å². The van der Waals surface area contributed by atoms with Crippen LogP contribution < -0.4 is 5.32 Å². The minimum absolute atomic E-state index is 0.759. The molecule has 0 aromatic heterocycles. The maximum atomic E-state index is 3.69. The molecule has 1 unspecified atom stereocenters. The van der Waals surface area contributed by atoms with Crippen molar-refractivity contribution in [2.75, 3.05) is 26.2 Å². The van der Waals surface area contributed by atoms with Gasteiger partial charge in [0.1, 0.15) is 0 Å². The molecule has 1 atom stereocenters. The minimum atomic E-state index is 0.759. The molecule has 0 amide bonds. The highest BCUT2D eigenvalue weighted by atomic mass is 15.1. The van der Waals surface area contributed by atoms with Crippen molar-refractivity contribution in [2.24, 2.45) is 5.92 Å². The molecule has 0 radical (unpaired) electrons. The average molecular weight is 224 g/mol. The van der Waals surface area contributed by atoms with Crippen LogP contribution in [0.2, 0.25) is 0 Å². The van der Waals surface area contributed by atoms with Crippen LogP contribution in [0.15, 0.2) is 0 Å². The first kappa shape index (κ1) is 12.4. The molecule has 2 fully saturated rings. The standard InChI is InChI=1S/C14H28N2/c1-13(14-7-8-14)15-9-12-16-10-5-3-2-4-6-11-16/h13-15H,2-12H2,1H3. The van der Waals surface area contributed by atoms with E-state index in [1.807, 2.05) is 0 Å². The van der Waals surface area contributed by atoms with Gasteiger partial charge in [-0.2, -0.15) is 0 Å². The fraction of sp³-hybridized carbons (Fsp3) is 1.00. The molecule has 1 saturated heterocycles. The van der Waals surface area contributed by atoms with Crippen LogP contribution in [0.3, 0.4) is 0 Å². The summed E-state index contributed by atoms with van der Waals surface area (Å²) in [7, 11) is 0. The van der Waals surface area contributed by atoms with Gasteiger partial charge in [-0.1, -0.05) is 19.3 Å². The molecule has 0 bridgehead atoms. The van der Waals surface area contributed by atoms with Crippen LogP contribution in [0.1, 0.15) is 51.9 Å². The third-order valence-electron chi connectivity index (χ3n) is 4.17. The molecule has 2 rings (SSSR count). The third kappa shape index (κ3) is 4.42. The van der Waals surface area contributed by atoms with Gasteiger partial charge in [-0.25, -0.2) is 0 Å². The van der Waals surface area contributed by atoms with Crippen molar-refractivity contribution in [1.82, 2.24) is 10.2 Å². The van der Waals surface area contributed by atoms with Gasteiger partial charge in [0, 0.05) is 19.1 Å². The molecule has 2 heteroatoms. The van der Waals surface area contributed by atoms with Crippen LogP contribution in [0.4, 0.5) is 0 Å². The highest BCUT2D eigenvalue weighted by molar-refractivity contribution is 4.83. The molecule has 1 N–H and O–H groups in total. The van der Waals surface area contributed by atoms with Gasteiger partial charge in [-0.3, -0.25) is 0 Å². The Morgan fingerprint density at radius 1 is 1.06 bits per heavy atom. The minimum Gasteiger partial charge on any atom is -0.313 e. The van der Waals surface area contributed by atoms with Gasteiger partial charge >= 0.3 is 0 Å². The fourth-order valence-corrected chi connectivity index (χ4v) is 2.75. The molecule has 2 aliphatic rings. The molecule has 16 heavy (non-hydrogen) atoms. The molecular weight excluding hydrogens is 196 g/mol. The van der Waals surface area contributed by atoms with E-state index in [-0.39, 0.29) is 0 Å². The van der Waals surface area contributed by atoms with Crippen molar-refractivity contribution in [2.45, 2.75) is 57.9 Å². The number of nitrogens with zero attached hydrogens (tertiary/aromatic N) is 1. The Balaban J connectivity index is 1.56. The van der Waals surface area contributed by atoms with Crippen molar-refractivity contribution in [3.63, 3.8) is 0 Å². The van der Waals surface area contributed by atoms with E-state index in [1.165, 1.54) is 71.1 Å². The highest BCUT2D eigenvalue weighted by Crippen LogP contribution is 2.32. The van der Waals surface area contributed by atoms with Gasteiger partial charge in [0.15, 0.2) is 0 Å². The molecule has 1 aliphatic carbocycles. The van der Waals surface area contributed by atoms with E-state index in [9.17, 15) is 0 Å². The second-order valence-electron chi connectivity index (χ2n) is 5.69. The molecular formula is C14H28N2. The zero-order valence-corrected chi connectivity index (χ0v) is 10.9. The maximum Gasteiger partial charge on any atom is 0.0107 e. The normalized spacial score (nSPS) is 26.1. The van der Waals surface area contributed by atoms with Crippen molar-refractivity contribution in [1.29, 1.82) is 0 Å². The summed E-state index contributed by atoms with van der Waals surface area (Å²) in [5.74, 6) is 0.993. The van der Waals surface area contributed by atoms with Crippen LogP contribution in [0.25, 0.3) is 0 Å². The molecule has 1 heterocycles. The molecule has 1 saturated carbocycles. The van der Waals surface area contributed by atoms with E-state index >= 15 is 0 Å².